The van der Waals surface area contributed by atoms with Crippen molar-refractivity contribution in [3.05, 3.63) is 108 Å². The van der Waals surface area contributed by atoms with Gasteiger partial charge in [0.15, 0.2) is 17.7 Å². The number of terminal acetylenes is 2. The third-order valence-electron chi connectivity index (χ3n) is 11.0. The number of aromatic nitrogens is 4. The van der Waals surface area contributed by atoms with Crippen LogP contribution in [0.4, 0.5) is 5.82 Å². The number of ether oxygens (including phenoxy) is 4. The fourth-order valence-corrected chi connectivity index (χ4v) is 9.74. The first kappa shape index (κ1) is 51.0. The Morgan fingerprint density at radius 3 is 2.07 bits per heavy atom. The number of methoxy groups -OCH3 is 2. The van der Waals surface area contributed by atoms with E-state index in [1.54, 1.807) is 25.2 Å². The Bertz CT molecular complexity index is 2550. The van der Waals surface area contributed by atoms with Gasteiger partial charge in [0.2, 0.25) is 0 Å². The van der Waals surface area contributed by atoms with E-state index in [0.29, 0.717) is 60.1 Å². The van der Waals surface area contributed by atoms with Gasteiger partial charge in [0.05, 0.1) is 77.4 Å². The summed E-state index contributed by atoms with van der Waals surface area (Å²) in [5.41, 5.74) is 2.34. The fourth-order valence-electron chi connectivity index (χ4n) is 7.98. The van der Waals surface area contributed by atoms with Crippen LogP contribution in [-0.2, 0) is 24.1 Å². The van der Waals surface area contributed by atoms with Crippen molar-refractivity contribution in [1.29, 1.82) is 5.26 Å². The maximum atomic E-state index is 9.52. The van der Waals surface area contributed by atoms with Gasteiger partial charge in [-0.05, 0) is 74.6 Å². The van der Waals surface area contributed by atoms with Crippen molar-refractivity contribution >= 4 is 31.7 Å². The summed E-state index contributed by atoms with van der Waals surface area (Å²) in [6, 6.07) is 28.2. The van der Waals surface area contributed by atoms with E-state index >= 15 is 0 Å². The van der Waals surface area contributed by atoms with Gasteiger partial charge in [0.1, 0.15) is 35.2 Å². The van der Waals surface area contributed by atoms with Crippen LogP contribution in [0.15, 0.2) is 90.2 Å². The predicted molar refractivity (Wildman–Crippen MR) is 265 cm³/mol. The quantitative estimate of drug-likeness (QED) is 0.0166. The van der Waals surface area contributed by atoms with Crippen LogP contribution in [0.1, 0.15) is 69.1 Å². The van der Waals surface area contributed by atoms with E-state index in [1.807, 2.05) is 90.6 Å². The fraction of sp³-hybridized carbons (Fsp3) is 0.404. The van der Waals surface area contributed by atoms with E-state index in [0.717, 1.165) is 16.7 Å². The molecule has 5 aromatic rings. The molecule has 0 aliphatic carbocycles. The van der Waals surface area contributed by atoms with Crippen molar-refractivity contribution in [3.8, 4) is 54.1 Å². The van der Waals surface area contributed by atoms with Crippen molar-refractivity contribution < 1.29 is 28.0 Å². The highest BCUT2D eigenvalue weighted by Crippen LogP contribution is 2.51. The van der Waals surface area contributed by atoms with E-state index in [9.17, 15) is 5.26 Å². The Kier molecular flexibility index (Phi) is 18.5. The second kappa shape index (κ2) is 24.6. The molecule has 354 valence electrons. The zero-order valence-corrected chi connectivity index (χ0v) is 41.0. The number of benzene rings is 3. The Hall–Kier alpha value is -6.36. The molecule has 2 aromatic heterocycles. The maximum absolute atomic E-state index is 9.52. The highest BCUT2D eigenvalue weighted by Gasteiger charge is 2.45. The van der Waals surface area contributed by atoms with Gasteiger partial charge in [-0.25, -0.2) is 24.3 Å². The summed E-state index contributed by atoms with van der Waals surface area (Å²) in [4.78, 5) is 17.7. The van der Waals surface area contributed by atoms with Crippen LogP contribution < -0.4 is 9.47 Å². The average molecular weight is 938 g/mol. The highest BCUT2D eigenvalue weighted by molar-refractivity contribution is 7.44. The molecule has 0 radical (unpaired) electrons. The molecule has 15 nitrogen and oxygen atoms in total. The topological polar surface area (TPSA) is 145 Å². The number of rotatable bonds is 22. The Morgan fingerprint density at radius 2 is 1.51 bits per heavy atom. The standard InChI is InChI=1S/C52H60N9O6P/c1-11-30-59(31-12-2)32-16-20-45-49-50(56-37-58(7)8)54-36-55-51(49)60(57-45)48-34-46(67-68(65-33-17-29-53)61(38(3)4)39(5)6)47(66-48)35-64-52(40-18-14-13-15-19-40,41-21-25-43(62-9)26-22-41)42-23-27-44(63-10)28-24-42/h1-2,13-15,18-19,21-28,36-39,46-48H,17,30-35H2,3-10H3/b56-37+/t46-,47+,48+,68?/m0/s1. The van der Waals surface area contributed by atoms with Crippen molar-refractivity contribution in [2.75, 3.05) is 61.2 Å². The summed E-state index contributed by atoms with van der Waals surface area (Å²) >= 11 is 0. The van der Waals surface area contributed by atoms with E-state index in [2.05, 4.69) is 84.2 Å². The molecule has 3 heterocycles. The molecular weight excluding hydrogens is 878 g/mol. The van der Waals surface area contributed by atoms with Crippen LogP contribution in [0.3, 0.4) is 0 Å². The Morgan fingerprint density at radius 1 is 0.897 bits per heavy atom. The SMILES string of the molecule is C#CCN(CC#C)CC#Cc1nn([C@H]2C[C@H](OP(OCCC#N)N(C(C)C)C(C)C)[C@@H](COC(c3ccccc3)(c3ccc(OC)cc3)c3ccc(OC)cc3)O2)c2ncnc(/N=C/N(C)C)c12. The second-order valence-electron chi connectivity index (χ2n) is 16.6. The zero-order chi connectivity index (χ0) is 48.6. The summed E-state index contributed by atoms with van der Waals surface area (Å²) in [6.07, 6.45) is 12.9. The minimum atomic E-state index is -1.70. The van der Waals surface area contributed by atoms with E-state index in [4.69, 9.17) is 50.9 Å². The normalized spacial score (nSPS) is 16.5. The minimum Gasteiger partial charge on any atom is -0.497 e. The lowest BCUT2D eigenvalue weighted by Gasteiger charge is -2.39. The van der Waals surface area contributed by atoms with Crippen molar-refractivity contribution in [2.24, 2.45) is 4.99 Å². The largest absolute Gasteiger partial charge is 0.497 e. The molecular formula is C52H60N9O6P. The molecule has 1 saturated heterocycles. The molecule has 6 rings (SSSR count). The highest BCUT2D eigenvalue weighted by atomic mass is 31.2. The van der Waals surface area contributed by atoms with Gasteiger partial charge in [-0.3, -0.25) is 4.90 Å². The van der Waals surface area contributed by atoms with E-state index in [-0.39, 0.29) is 31.7 Å². The molecule has 0 amide bonds. The van der Waals surface area contributed by atoms with Gasteiger partial charge in [-0.15, -0.1) is 12.8 Å². The van der Waals surface area contributed by atoms with Crippen LogP contribution in [0.25, 0.3) is 11.0 Å². The molecule has 3 aromatic carbocycles. The lowest BCUT2D eigenvalue weighted by atomic mass is 9.80. The third kappa shape index (κ3) is 12.2. The lowest BCUT2D eigenvalue weighted by Crippen LogP contribution is -2.39. The van der Waals surface area contributed by atoms with Crippen molar-refractivity contribution in [2.45, 2.75) is 76.7 Å². The number of nitrogens with zero attached hydrogens (tertiary/aromatic N) is 9. The van der Waals surface area contributed by atoms with Crippen LogP contribution in [0.5, 0.6) is 11.5 Å². The van der Waals surface area contributed by atoms with Crippen molar-refractivity contribution in [3.63, 3.8) is 0 Å². The molecule has 1 fully saturated rings. The molecule has 0 N–H and O–H groups in total. The molecule has 68 heavy (non-hydrogen) atoms. The van der Waals surface area contributed by atoms with Crippen LogP contribution >= 0.6 is 8.53 Å². The number of hydrogen-bond donors (Lipinski definition) is 0. The molecule has 1 aliphatic heterocycles. The summed E-state index contributed by atoms with van der Waals surface area (Å²) in [7, 11) is 5.33. The molecule has 0 spiro atoms. The van der Waals surface area contributed by atoms with Crippen LogP contribution in [-0.4, -0.2) is 126 Å². The van der Waals surface area contributed by atoms with E-state index in [1.165, 1.54) is 6.33 Å². The lowest BCUT2D eigenvalue weighted by molar-refractivity contribution is -0.0931. The van der Waals surface area contributed by atoms with Gasteiger partial charge in [0, 0.05) is 32.6 Å². The minimum absolute atomic E-state index is 0.0538. The summed E-state index contributed by atoms with van der Waals surface area (Å²) in [5.74, 6) is 13.5. The van der Waals surface area contributed by atoms with Gasteiger partial charge >= 0.3 is 0 Å². The Labute approximate surface area is 402 Å². The molecule has 1 aliphatic rings. The zero-order valence-electron chi connectivity index (χ0n) is 40.1. The average Bonchev–Trinajstić information content (AvgIpc) is 3.92. The first-order valence-corrected chi connectivity index (χ1v) is 23.5. The predicted octanol–water partition coefficient (Wildman–Crippen LogP) is 7.94. The van der Waals surface area contributed by atoms with Gasteiger partial charge in [0.25, 0.3) is 8.53 Å². The van der Waals surface area contributed by atoms with Gasteiger partial charge < -0.3 is 32.9 Å². The number of hydrogen-bond acceptors (Lipinski definition) is 13. The van der Waals surface area contributed by atoms with Gasteiger partial charge in [-0.2, -0.15) is 10.4 Å². The first-order valence-electron chi connectivity index (χ1n) is 22.4. The molecule has 0 bridgehead atoms. The number of nitriles is 1. The van der Waals surface area contributed by atoms with E-state index < -0.39 is 32.6 Å². The maximum Gasteiger partial charge on any atom is 0.259 e. The summed E-state index contributed by atoms with van der Waals surface area (Å²) in [5, 5.41) is 15.1. The van der Waals surface area contributed by atoms with Crippen LogP contribution in [0, 0.1) is 47.9 Å². The third-order valence-corrected chi connectivity index (χ3v) is 13.2. The molecule has 0 saturated carbocycles. The number of aliphatic imine (C=N–C) groups is 1. The summed E-state index contributed by atoms with van der Waals surface area (Å²) in [6.45, 7) is 9.65. The summed E-state index contributed by atoms with van der Waals surface area (Å²) < 4.78 is 43.3. The first-order chi connectivity index (χ1) is 33.0. The molecule has 4 atom stereocenters. The Balaban J connectivity index is 1.49. The molecule has 16 heteroatoms. The monoisotopic (exact) mass is 937 g/mol. The molecule has 1 unspecified atom stereocenters. The van der Waals surface area contributed by atoms with Crippen LogP contribution in [0.2, 0.25) is 0 Å². The number of fused-ring (bicyclic) bond motifs is 1. The second-order valence-corrected chi connectivity index (χ2v) is 18.0. The van der Waals surface area contributed by atoms with Crippen molar-refractivity contribution in [1.82, 2.24) is 34.2 Å². The smallest absolute Gasteiger partial charge is 0.259 e. The van der Waals surface area contributed by atoms with Gasteiger partial charge in [-0.1, -0.05) is 72.4 Å².